The summed E-state index contributed by atoms with van der Waals surface area (Å²) in [6.45, 7) is 4.30. The molecule has 0 saturated carbocycles. The van der Waals surface area contributed by atoms with Crippen molar-refractivity contribution in [2.45, 2.75) is 20.3 Å². The molecule has 0 radical (unpaired) electrons. The Hall–Kier alpha value is -1.10. The van der Waals surface area contributed by atoms with Crippen LogP contribution in [0.1, 0.15) is 19.5 Å². The van der Waals surface area contributed by atoms with E-state index < -0.39 is 0 Å². The zero-order valence-corrected chi connectivity index (χ0v) is 8.64. The minimum atomic E-state index is 0.0606. The van der Waals surface area contributed by atoms with Gasteiger partial charge in [-0.05, 0) is 12.3 Å². The summed E-state index contributed by atoms with van der Waals surface area (Å²) < 4.78 is 0. The Bertz CT molecular complexity index is 299. The van der Waals surface area contributed by atoms with Gasteiger partial charge in [0.05, 0.1) is 5.69 Å². The van der Waals surface area contributed by atoms with Crippen molar-refractivity contribution < 1.29 is 0 Å². The van der Waals surface area contributed by atoms with Crippen LogP contribution in [0.25, 0.3) is 0 Å². The lowest BCUT2D eigenvalue weighted by Gasteiger charge is -1.98. The third-order valence-electron chi connectivity index (χ3n) is 1.38. The van der Waals surface area contributed by atoms with Crippen molar-refractivity contribution in [2.24, 2.45) is 22.4 Å². The lowest BCUT2D eigenvalue weighted by atomic mass is 10.1. The van der Waals surface area contributed by atoms with E-state index in [0.29, 0.717) is 11.0 Å². The van der Waals surface area contributed by atoms with Gasteiger partial charge in [-0.2, -0.15) is 4.99 Å². The molecule has 0 aliphatic heterocycles. The number of hydrogen-bond acceptors (Lipinski definition) is 3. The average Bonchev–Trinajstić information content (AvgIpc) is 2.33. The van der Waals surface area contributed by atoms with Crippen LogP contribution < -0.4 is 11.5 Å². The molecule has 0 amide bonds. The third-order valence-corrected chi connectivity index (χ3v) is 2.17. The molecule has 72 valence electrons. The molecule has 0 aliphatic carbocycles. The van der Waals surface area contributed by atoms with Crippen LogP contribution in [0.3, 0.4) is 0 Å². The summed E-state index contributed by atoms with van der Waals surface area (Å²) in [5.41, 5.74) is 11.5. The van der Waals surface area contributed by atoms with E-state index in [1.165, 1.54) is 11.3 Å². The molecule has 0 unspecified atom stereocenters. The molecule has 1 aromatic rings. The van der Waals surface area contributed by atoms with E-state index in [1.807, 2.05) is 5.38 Å². The standard InChI is InChI=1S/C8H14N4S/c1-5(2)3-6-4-13-8(11-6)12-7(9)10/h4-5H,3H2,1-2H3,(H4,9,10,11,12). The Morgan fingerprint density at radius 3 is 2.85 bits per heavy atom. The van der Waals surface area contributed by atoms with Gasteiger partial charge in [0.25, 0.3) is 0 Å². The van der Waals surface area contributed by atoms with Crippen LogP contribution >= 0.6 is 11.3 Å². The van der Waals surface area contributed by atoms with E-state index in [1.54, 1.807) is 0 Å². The maximum Gasteiger partial charge on any atom is 0.212 e. The van der Waals surface area contributed by atoms with E-state index in [2.05, 4.69) is 23.8 Å². The zero-order valence-electron chi connectivity index (χ0n) is 7.82. The van der Waals surface area contributed by atoms with Crippen LogP contribution in [0.15, 0.2) is 10.4 Å². The Morgan fingerprint density at radius 1 is 1.62 bits per heavy atom. The molecule has 0 saturated heterocycles. The van der Waals surface area contributed by atoms with Crippen LogP contribution in [-0.2, 0) is 6.42 Å². The first-order valence-electron chi connectivity index (χ1n) is 4.12. The van der Waals surface area contributed by atoms with Crippen LogP contribution in [0.4, 0.5) is 5.13 Å². The van der Waals surface area contributed by atoms with Gasteiger partial charge in [-0.3, -0.25) is 0 Å². The molecule has 4 N–H and O–H groups in total. The number of thiazole rings is 1. The van der Waals surface area contributed by atoms with Crippen LogP contribution in [0.5, 0.6) is 0 Å². The maximum absolute atomic E-state index is 5.23. The summed E-state index contributed by atoms with van der Waals surface area (Å²) >= 11 is 1.46. The van der Waals surface area contributed by atoms with Gasteiger partial charge in [0.1, 0.15) is 0 Å². The fraction of sp³-hybridized carbons (Fsp3) is 0.500. The fourth-order valence-electron chi connectivity index (χ4n) is 0.970. The van der Waals surface area contributed by atoms with Gasteiger partial charge in [0.15, 0.2) is 5.96 Å². The first kappa shape index (κ1) is 9.98. The minimum absolute atomic E-state index is 0.0606. The highest BCUT2D eigenvalue weighted by atomic mass is 32.1. The van der Waals surface area contributed by atoms with E-state index in [4.69, 9.17) is 11.5 Å². The van der Waals surface area contributed by atoms with Crippen molar-refractivity contribution >= 4 is 22.4 Å². The molecule has 0 fully saturated rings. The van der Waals surface area contributed by atoms with Crippen molar-refractivity contribution in [3.8, 4) is 0 Å². The van der Waals surface area contributed by atoms with E-state index in [-0.39, 0.29) is 5.96 Å². The number of nitrogens with two attached hydrogens (primary N) is 2. The van der Waals surface area contributed by atoms with Gasteiger partial charge in [-0.1, -0.05) is 13.8 Å². The summed E-state index contributed by atoms with van der Waals surface area (Å²) in [6, 6.07) is 0. The van der Waals surface area contributed by atoms with Crippen molar-refractivity contribution in [1.29, 1.82) is 0 Å². The maximum atomic E-state index is 5.23. The number of aromatic nitrogens is 1. The second-order valence-corrected chi connectivity index (χ2v) is 4.09. The molecule has 0 spiro atoms. The Labute approximate surface area is 81.7 Å². The highest BCUT2D eigenvalue weighted by Gasteiger charge is 2.02. The van der Waals surface area contributed by atoms with Crippen LogP contribution in [0, 0.1) is 5.92 Å². The second kappa shape index (κ2) is 4.23. The lowest BCUT2D eigenvalue weighted by molar-refractivity contribution is 0.638. The van der Waals surface area contributed by atoms with E-state index >= 15 is 0 Å². The monoisotopic (exact) mass is 198 g/mol. The Morgan fingerprint density at radius 2 is 2.31 bits per heavy atom. The zero-order chi connectivity index (χ0) is 9.84. The quantitative estimate of drug-likeness (QED) is 0.566. The molecule has 0 aliphatic rings. The summed E-state index contributed by atoms with van der Waals surface area (Å²) in [6.07, 6.45) is 0.969. The van der Waals surface area contributed by atoms with Crippen molar-refractivity contribution in [3.63, 3.8) is 0 Å². The number of nitrogens with zero attached hydrogens (tertiary/aromatic N) is 2. The van der Waals surface area contributed by atoms with Gasteiger partial charge in [0.2, 0.25) is 5.13 Å². The molecule has 1 aromatic heterocycles. The molecular weight excluding hydrogens is 184 g/mol. The molecule has 0 bridgehead atoms. The Kier molecular flexibility index (Phi) is 3.25. The molecule has 0 aromatic carbocycles. The average molecular weight is 198 g/mol. The Balaban J connectivity index is 2.69. The lowest BCUT2D eigenvalue weighted by Crippen LogP contribution is -2.21. The van der Waals surface area contributed by atoms with Crippen molar-refractivity contribution in [3.05, 3.63) is 11.1 Å². The normalized spacial score (nSPS) is 10.4. The molecular formula is C8H14N4S. The number of aliphatic imine (C=N–C) groups is 1. The smallest absolute Gasteiger partial charge is 0.212 e. The third kappa shape index (κ3) is 3.42. The van der Waals surface area contributed by atoms with Crippen LogP contribution in [0.2, 0.25) is 0 Å². The molecule has 5 heteroatoms. The second-order valence-electron chi connectivity index (χ2n) is 3.26. The summed E-state index contributed by atoms with van der Waals surface area (Å²) in [7, 11) is 0. The van der Waals surface area contributed by atoms with Gasteiger partial charge in [0, 0.05) is 5.38 Å². The van der Waals surface area contributed by atoms with Crippen LogP contribution in [-0.4, -0.2) is 10.9 Å². The highest BCUT2D eigenvalue weighted by molar-refractivity contribution is 7.13. The van der Waals surface area contributed by atoms with Gasteiger partial charge in [-0.25, -0.2) is 4.98 Å². The van der Waals surface area contributed by atoms with Gasteiger partial charge >= 0.3 is 0 Å². The number of rotatable bonds is 3. The van der Waals surface area contributed by atoms with E-state index in [9.17, 15) is 0 Å². The summed E-state index contributed by atoms with van der Waals surface area (Å²) in [4.78, 5) is 8.13. The molecule has 1 heterocycles. The van der Waals surface area contributed by atoms with Gasteiger partial charge in [-0.15, -0.1) is 11.3 Å². The van der Waals surface area contributed by atoms with E-state index in [0.717, 1.165) is 12.1 Å². The van der Waals surface area contributed by atoms with Crippen molar-refractivity contribution in [1.82, 2.24) is 4.98 Å². The fourth-order valence-corrected chi connectivity index (χ4v) is 1.69. The number of guanidine groups is 1. The predicted octanol–water partition coefficient (Wildman–Crippen LogP) is 1.25. The molecule has 1 rings (SSSR count). The number of hydrogen-bond donors (Lipinski definition) is 2. The molecule has 13 heavy (non-hydrogen) atoms. The summed E-state index contributed by atoms with van der Waals surface area (Å²) in [5, 5.41) is 2.62. The van der Waals surface area contributed by atoms with Gasteiger partial charge < -0.3 is 11.5 Å². The molecule has 4 nitrogen and oxygen atoms in total. The summed E-state index contributed by atoms with van der Waals surface area (Å²) in [5.74, 6) is 0.666. The first-order valence-corrected chi connectivity index (χ1v) is 5.00. The molecule has 0 atom stereocenters. The topological polar surface area (TPSA) is 77.3 Å². The highest BCUT2D eigenvalue weighted by Crippen LogP contribution is 2.20. The first-order chi connectivity index (χ1) is 6.08. The predicted molar refractivity (Wildman–Crippen MR) is 56.1 cm³/mol. The largest absolute Gasteiger partial charge is 0.370 e. The van der Waals surface area contributed by atoms with Crippen molar-refractivity contribution in [2.75, 3.05) is 0 Å². The SMILES string of the molecule is CC(C)Cc1csc(N=C(N)N)n1. The minimum Gasteiger partial charge on any atom is -0.370 e.